The van der Waals surface area contributed by atoms with Crippen LogP contribution in [0.15, 0.2) is 0 Å². The van der Waals surface area contributed by atoms with E-state index in [-0.39, 0.29) is 5.91 Å². The highest BCUT2D eigenvalue weighted by Gasteiger charge is 2.33. The zero-order chi connectivity index (χ0) is 14.3. The van der Waals surface area contributed by atoms with Crippen molar-refractivity contribution in [1.82, 2.24) is 4.90 Å². The second kappa shape index (κ2) is 7.39. The molecule has 4 heteroatoms. The Labute approximate surface area is 110 Å². The summed E-state index contributed by atoms with van der Waals surface area (Å²) in [6.07, 6.45) is 2.66. The number of carbonyl (C=O) groups is 2. The fourth-order valence-electron chi connectivity index (χ4n) is 1.68. The van der Waals surface area contributed by atoms with Gasteiger partial charge in [0.1, 0.15) is 6.04 Å². The number of aliphatic carboxylic acids is 1. The largest absolute Gasteiger partial charge is 0.480 e. The van der Waals surface area contributed by atoms with Crippen LogP contribution in [0.25, 0.3) is 0 Å². The van der Waals surface area contributed by atoms with E-state index >= 15 is 0 Å². The number of rotatable bonds is 3. The molecule has 1 aliphatic rings. The lowest BCUT2D eigenvalue weighted by atomic mass is 10.0. The molecule has 4 nitrogen and oxygen atoms in total. The number of carbonyl (C=O) groups excluding carboxylic acids is 1. The van der Waals surface area contributed by atoms with Crippen LogP contribution in [-0.2, 0) is 9.59 Å². The molecule has 1 saturated heterocycles. The van der Waals surface area contributed by atoms with Crippen LogP contribution in [-0.4, -0.2) is 34.5 Å². The highest BCUT2D eigenvalue weighted by atomic mass is 16.4. The average Bonchev–Trinajstić information content (AvgIpc) is 2.63. The molecule has 1 heterocycles. The first-order valence-corrected chi connectivity index (χ1v) is 6.69. The number of carboxylic acids is 1. The van der Waals surface area contributed by atoms with Crippen LogP contribution in [0.5, 0.6) is 0 Å². The molecule has 1 unspecified atom stereocenters. The van der Waals surface area contributed by atoms with Crippen molar-refractivity contribution in [2.45, 2.75) is 66.3 Å². The Morgan fingerprint density at radius 2 is 1.78 bits per heavy atom. The molecule has 0 spiro atoms. The summed E-state index contributed by atoms with van der Waals surface area (Å²) in [5.41, 5.74) is 0.500. The van der Waals surface area contributed by atoms with Gasteiger partial charge in [0.25, 0.3) is 0 Å². The number of hydrogen-bond donors (Lipinski definition) is 1. The van der Waals surface area contributed by atoms with Crippen molar-refractivity contribution >= 4 is 11.9 Å². The Morgan fingerprint density at radius 1 is 1.28 bits per heavy atom. The van der Waals surface area contributed by atoms with E-state index in [1.807, 2.05) is 6.92 Å². The summed E-state index contributed by atoms with van der Waals surface area (Å²) in [5, 5.41) is 8.81. The Bertz CT molecular complexity index is 275. The van der Waals surface area contributed by atoms with E-state index in [1.165, 1.54) is 4.90 Å². The number of amides is 1. The van der Waals surface area contributed by atoms with Gasteiger partial charge in [-0.05, 0) is 24.7 Å². The molecule has 18 heavy (non-hydrogen) atoms. The van der Waals surface area contributed by atoms with Crippen LogP contribution in [0, 0.1) is 5.41 Å². The summed E-state index contributed by atoms with van der Waals surface area (Å²) >= 11 is 0. The van der Waals surface area contributed by atoms with Crippen molar-refractivity contribution in [3.63, 3.8) is 0 Å². The van der Waals surface area contributed by atoms with Gasteiger partial charge in [0.2, 0.25) is 5.91 Å². The van der Waals surface area contributed by atoms with E-state index in [2.05, 4.69) is 27.7 Å². The molecule has 0 radical (unpaired) electrons. The minimum Gasteiger partial charge on any atom is -0.480 e. The number of hydrogen-bond acceptors (Lipinski definition) is 2. The lowest BCUT2D eigenvalue weighted by Gasteiger charge is -2.20. The van der Waals surface area contributed by atoms with Crippen LogP contribution < -0.4 is 0 Å². The Morgan fingerprint density at radius 3 is 2.17 bits per heavy atom. The van der Waals surface area contributed by atoms with E-state index in [0.717, 1.165) is 12.8 Å². The lowest BCUT2D eigenvalue weighted by molar-refractivity contribution is -0.148. The molecule has 0 bridgehead atoms. The maximum Gasteiger partial charge on any atom is 0.326 e. The molecule has 1 atom stereocenters. The van der Waals surface area contributed by atoms with E-state index in [0.29, 0.717) is 24.8 Å². The molecule has 1 aliphatic heterocycles. The zero-order valence-corrected chi connectivity index (χ0v) is 12.3. The molecular weight excluding hydrogens is 230 g/mol. The van der Waals surface area contributed by atoms with Gasteiger partial charge in [-0.25, -0.2) is 4.79 Å². The SMILES string of the molecule is CC(C)(C)C.CCCC(=O)N1CCCC1C(=O)O. The molecule has 0 aromatic carbocycles. The number of nitrogens with zero attached hydrogens (tertiary/aromatic N) is 1. The molecule has 0 aliphatic carbocycles. The fraction of sp³-hybridized carbons (Fsp3) is 0.857. The van der Waals surface area contributed by atoms with Gasteiger partial charge in [0.05, 0.1) is 0 Å². The summed E-state index contributed by atoms with van der Waals surface area (Å²) in [7, 11) is 0. The number of carboxylic acid groups (broad SMARTS) is 1. The lowest BCUT2D eigenvalue weighted by Crippen LogP contribution is -2.40. The summed E-state index contributed by atoms with van der Waals surface area (Å²) in [6.45, 7) is 11.3. The van der Waals surface area contributed by atoms with Crippen molar-refractivity contribution in [2.24, 2.45) is 5.41 Å². The van der Waals surface area contributed by atoms with Gasteiger partial charge >= 0.3 is 5.97 Å². The van der Waals surface area contributed by atoms with Crippen molar-refractivity contribution in [1.29, 1.82) is 0 Å². The standard InChI is InChI=1S/C9H15NO3.C5H12/c1-2-4-8(11)10-6-3-5-7(10)9(12)13;1-5(2,3)4/h7H,2-6H2,1H3,(H,12,13);1-4H3. The molecule has 0 saturated carbocycles. The van der Waals surface area contributed by atoms with Gasteiger partial charge in [0.15, 0.2) is 0 Å². The fourth-order valence-corrected chi connectivity index (χ4v) is 1.68. The van der Waals surface area contributed by atoms with Gasteiger partial charge in [-0.3, -0.25) is 4.79 Å². The summed E-state index contributed by atoms with van der Waals surface area (Å²) in [6, 6.07) is -0.570. The summed E-state index contributed by atoms with van der Waals surface area (Å²) in [5.74, 6) is -0.894. The van der Waals surface area contributed by atoms with Crippen LogP contribution in [0.1, 0.15) is 60.3 Å². The third-order valence-corrected chi connectivity index (χ3v) is 2.32. The third kappa shape index (κ3) is 7.30. The van der Waals surface area contributed by atoms with Gasteiger partial charge in [-0.1, -0.05) is 34.6 Å². The van der Waals surface area contributed by atoms with Crippen molar-refractivity contribution in [3.8, 4) is 0 Å². The maximum atomic E-state index is 11.4. The Hall–Kier alpha value is -1.06. The number of likely N-dealkylation sites (tertiary alicyclic amines) is 1. The van der Waals surface area contributed by atoms with Gasteiger partial charge < -0.3 is 10.0 Å². The average molecular weight is 257 g/mol. The molecule has 0 aromatic rings. The molecule has 1 amide bonds. The van der Waals surface area contributed by atoms with E-state index in [4.69, 9.17) is 5.11 Å². The minimum atomic E-state index is -0.873. The molecule has 0 aromatic heterocycles. The monoisotopic (exact) mass is 257 g/mol. The smallest absolute Gasteiger partial charge is 0.326 e. The summed E-state index contributed by atoms with van der Waals surface area (Å²) < 4.78 is 0. The van der Waals surface area contributed by atoms with Crippen molar-refractivity contribution < 1.29 is 14.7 Å². The molecule has 1 fully saturated rings. The first kappa shape index (κ1) is 16.9. The van der Waals surface area contributed by atoms with Crippen LogP contribution >= 0.6 is 0 Å². The third-order valence-electron chi connectivity index (χ3n) is 2.32. The quantitative estimate of drug-likeness (QED) is 0.845. The van der Waals surface area contributed by atoms with Crippen LogP contribution in [0.3, 0.4) is 0 Å². The predicted octanol–water partition coefficient (Wildman–Crippen LogP) is 2.91. The zero-order valence-electron chi connectivity index (χ0n) is 12.3. The minimum absolute atomic E-state index is 0.0209. The second-order valence-electron chi connectivity index (χ2n) is 6.33. The summed E-state index contributed by atoms with van der Waals surface area (Å²) in [4.78, 5) is 23.6. The first-order valence-electron chi connectivity index (χ1n) is 6.69. The Balaban J connectivity index is 0.000000494. The topological polar surface area (TPSA) is 57.6 Å². The Kier molecular flexibility index (Phi) is 6.96. The first-order chi connectivity index (χ1) is 8.16. The maximum absolute atomic E-state index is 11.4. The van der Waals surface area contributed by atoms with Crippen LogP contribution in [0.2, 0.25) is 0 Å². The molecule has 106 valence electrons. The van der Waals surface area contributed by atoms with E-state index < -0.39 is 12.0 Å². The van der Waals surface area contributed by atoms with Gasteiger partial charge in [-0.15, -0.1) is 0 Å². The van der Waals surface area contributed by atoms with Crippen molar-refractivity contribution in [2.75, 3.05) is 6.54 Å². The highest BCUT2D eigenvalue weighted by Crippen LogP contribution is 2.18. The molecular formula is C14H27NO3. The van der Waals surface area contributed by atoms with E-state index in [9.17, 15) is 9.59 Å². The normalized spacial score (nSPS) is 19.2. The van der Waals surface area contributed by atoms with Crippen molar-refractivity contribution in [3.05, 3.63) is 0 Å². The second-order valence-corrected chi connectivity index (χ2v) is 6.33. The van der Waals surface area contributed by atoms with E-state index in [1.54, 1.807) is 0 Å². The van der Waals surface area contributed by atoms with Gasteiger partial charge in [-0.2, -0.15) is 0 Å². The van der Waals surface area contributed by atoms with Gasteiger partial charge in [0, 0.05) is 13.0 Å². The van der Waals surface area contributed by atoms with Crippen LogP contribution in [0.4, 0.5) is 0 Å². The molecule has 1 N–H and O–H groups in total. The predicted molar refractivity (Wildman–Crippen MR) is 72.4 cm³/mol. The highest BCUT2D eigenvalue weighted by molar-refractivity contribution is 5.84. The molecule has 1 rings (SSSR count).